The van der Waals surface area contributed by atoms with Gasteiger partial charge in [-0.1, -0.05) is 59.1 Å². The minimum Gasteiger partial charge on any atom is -0.481 e. The lowest BCUT2D eigenvalue weighted by atomic mass is 10.1. The summed E-state index contributed by atoms with van der Waals surface area (Å²) in [7, 11) is 0. The first kappa shape index (κ1) is 28.8. The lowest BCUT2D eigenvalue weighted by molar-refractivity contribution is -0.137. The van der Waals surface area contributed by atoms with Gasteiger partial charge in [-0.15, -0.1) is 22.7 Å². The first-order valence-electron chi connectivity index (χ1n) is 10.9. The van der Waals surface area contributed by atoms with Crippen molar-refractivity contribution in [2.24, 2.45) is 0 Å². The third kappa shape index (κ3) is 7.87. The molecule has 0 atom stereocenters. The highest BCUT2D eigenvalue weighted by molar-refractivity contribution is 7.15. The summed E-state index contributed by atoms with van der Waals surface area (Å²) in [6, 6.07) is 11.2. The normalized spacial score (nSPS) is 10.4. The zero-order valence-corrected chi connectivity index (χ0v) is 23.7. The second-order valence-electron chi connectivity index (χ2n) is 7.97. The summed E-state index contributed by atoms with van der Waals surface area (Å²) in [5.41, 5.74) is 6.72. The van der Waals surface area contributed by atoms with E-state index >= 15 is 0 Å². The molecular weight excluding hydrogens is 575 g/mol. The van der Waals surface area contributed by atoms with Crippen LogP contribution in [0.2, 0.25) is 14.4 Å². The highest BCUT2D eigenvalue weighted by atomic mass is 35.5. The van der Waals surface area contributed by atoms with Crippen LogP contribution in [0.4, 0.5) is 22.7 Å². The van der Waals surface area contributed by atoms with Crippen molar-refractivity contribution < 1.29 is 19.8 Å². The molecule has 4 N–H and O–H groups in total. The fourth-order valence-electron chi connectivity index (χ4n) is 3.41. The molecule has 0 fully saturated rings. The number of carboxylic acids is 2. The van der Waals surface area contributed by atoms with Crippen LogP contribution in [0.25, 0.3) is 0 Å². The predicted octanol–water partition coefficient (Wildman–Crippen LogP) is 8.81. The Hall–Kier alpha value is -2.75. The Morgan fingerprint density at radius 1 is 0.757 bits per heavy atom. The molecule has 0 amide bonds. The molecular formula is C26H23Cl3N2O4S2. The number of carboxylic acid groups (broad SMARTS) is 2. The summed E-state index contributed by atoms with van der Waals surface area (Å²) >= 11 is 20.9. The van der Waals surface area contributed by atoms with Crippen molar-refractivity contribution >= 4 is 92.2 Å². The molecule has 0 aliphatic heterocycles. The fraction of sp³-hybridized carbons (Fsp3) is 0.154. The van der Waals surface area contributed by atoms with Gasteiger partial charge < -0.3 is 20.8 Å². The number of rotatable bonds is 8. The van der Waals surface area contributed by atoms with E-state index in [1.807, 2.05) is 42.8 Å². The van der Waals surface area contributed by atoms with Gasteiger partial charge in [0.1, 0.15) is 4.34 Å². The van der Waals surface area contributed by atoms with Gasteiger partial charge in [0.15, 0.2) is 0 Å². The third-order valence-electron chi connectivity index (χ3n) is 5.20. The largest absolute Gasteiger partial charge is 0.481 e. The van der Waals surface area contributed by atoms with Gasteiger partial charge in [-0.05, 0) is 59.0 Å². The Bertz CT molecular complexity index is 1380. The average Bonchev–Trinajstić information content (AvgIpc) is 3.39. The van der Waals surface area contributed by atoms with E-state index in [2.05, 4.69) is 10.6 Å². The minimum absolute atomic E-state index is 0.0523. The average molecular weight is 598 g/mol. The number of nitrogens with one attached hydrogen (secondary N) is 2. The summed E-state index contributed by atoms with van der Waals surface area (Å²) in [4.78, 5) is 21.6. The lowest BCUT2D eigenvalue weighted by Gasteiger charge is -2.12. The minimum atomic E-state index is -0.928. The van der Waals surface area contributed by atoms with Gasteiger partial charge in [0.05, 0.1) is 39.9 Å². The molecule has 0 aliphatic carbocycles. The number of benzene rings is 2. The van der Waals surface area contributed by atoms with E-state index in [-0.39, 0.29) is 12.8 Å². The maximum absolute atomic E-state index is 10.8. The third-order valence-corrected chi connectivity index (χ3v) is 7.89. The number of hydrogen-bond donors (Lipinski definition) is 4. The number of thiophene rings is 2. The highest BCUT2D eigenvalue weighted by Gasteiger charge is 2.16. The van der Waals surface area contributed by atoms with Crippen LogP contribution in [-0.4, -0.2) is 22.2 Å². The number of aryl methyl sites for hydroxylation is 2. The number of carbonyl (C=O) groups is 2. The quantitative estimate of drug-likeness (QED) is 0.162. The molecule has 2 aromatic carbocycles. The van der Waals surface area contributed by atoms with E-state index in [0.29, 0.717) is 31.3 Å². The SMILES string of the molecule is Cc1cccc(C)c1Nc1cscc1CC(=O)O.O=C(O)Cc1csc(Cl)c1Nc1c(Cl)cccc1Cl. The Kier molecular flexibility index (Phi) is 10.3. The van der Waals surface area contributed by atoms with Gasteiger partial charge >= 0.3 is 11.9 Å². The van der Waals surface area contributed by atoms with Gasteiger partial charge in [0, 0.05) is 11.1 Å². The molecule has 0 spiro atoms. The molecule has 0 bridgehead atoms. The fourth-order valence-corrected chi connectivity index (χ4v) is 5.74. The van der Waals surface area contributed by atoms with Crippen LogP contribution in [0.3, 0.4) is 0 Å². The molecule has 37 heavy (non-hydrogen) atoms. The van der Waals surface area contributed by atoms with Crippen LogP contribution in [-0.2, 0) is 22.4 Å². The maximum atomic E-state index is 10.8. The smallest absolute Gasteiger partial charge is 0.307 e. The molecule has 0 saturated carbocycles. The summed E-state index contributed by atoms with van der Waals surface area (Å²) in [6.45, 7) is 4.08. The van der Waals surface area contributed by atoms with Gasteiger partial charge in [-0.3, -0.25) is 9.59 Å². The van der Waals surface area contributed by atoms with Crippen LogP contribution in [0.1, 0.15) is 22.3 Å². The van der Waals surface area contributed by atoms with Gasteiger partial charge in [-0.25, -0.2) is 0 Å². The van der Waals surface area contributed by atoms with E-state index in [1.54, 1.807) is 23.6 Å². The first-order chi connectivity index (χ1) is 17.6. The van der Waals surface area contributed by atoms with Crippen molar-refractivity contribution in [3.63, 3.8) is 0 Å². The van der Waals surface area contributed by atoms with E-state index in [0.717, 1.165) is 28.1 Å². The number of anilines is 4. The second-order valence-corrected chi connectivity index (χ2v) is 11.0. The van der Waals surface area contributed by atoms with E-state index < -0.39 is 11.9 Å². The Morgan fingerprint density at radius 3 is 1.92 bits per heavy atom. The van der Waals surface area contributed by atoms with Crippen LogP contribution in [0.5, 0.6) is 0 Å². The van der Waals surface area contributed by atoms with Crippen molar-refractivity contribution in [1.29, 1.82) is 0 Å². The molecule has 2 aromatic heterocycles. The van der Waals surface area contributed by atoms with Gasteiger partial charge in [0.25, 0.3) is 0 Å². The lowest BCUT2D eigenvalue weighted by Crippen LogP contribution is -2.02. The summed E-state index contributed by atoms with van der Waals surface area (Å²) in [6.07, 6.45) is -0.0651. The zero-order chi connectivity index (χ0) is 27.1. The van der Waals surface area contributed by atoms with Crippen LogP contribution in [0, 0.1) is 13.8 Å². The van der Waals surface area contributed by atoms with Crippen molar-refractivity contribution in [3.05, 3.63) is 89.2 Å². The highest BCUT2D eigenvalue weighted by Crippen LogP contribution is 2.39. The number of hydrogen-bond acceptors (Lipinski definition) is 6. The van der Waals surface area contributed by atoms with E-state index in [4.69, 9.17) is 45.0 Å². The van der Waals surface area contributed by atoms with Crippen molar-refractivity contribution in [1.82, 2.24) is 0 Å². The predicted molar refractivity (Wildman–Crippen MR) is 155 cm³/mol. The molecule has 4 rings (SSSR count). The number of halogens is 3. The monoisotopic (exact) mass is 596 g/mol. The maximum Gasteiger partial charge on any atom is 0.307 e. The molecule has 194 valence electrons. The first-order valence-corrected chi connectivity index (χ1v) is 13.8. The Morgan fingerprint density at radius 2 is 1.32 bits per heavy atom. The Labute approximate surface area is 237 Å². The van der Waals surface area contributed by atoms with E-state index in [9.17, 15) is 9.59 Å². The molecule has 0 unspecified atom stereocenters. The molecule has 6 nitrogen and oxygen atoms in total. The van der Waals surface area contributed by atoms with Crippen molar-refractivity contribution in [3.8, 4) is 0 Å². The molecule has 0 aliphatic rings. The topological polar surface area (TPSA) is 98.7 Å². The van der Waals surface area contributed by atoms with Crippen LogP contribution >= 0.6 is 57.5 Å². The molecule has 0 radical (unpaired) electrons. The molecule has 11 heteroatoms. The second kappa shape index (κ2) is 13.2. The molecule has 4 aromatic rings. The summed E-state index contributed by atoms with van der Waals surface area (Å²) in [5.74, 6) is -1.74. The number of aliphatic carboxylic acids is 2. The summed E-state index contributed by atoms with van der Waals surface area (Å²) < 4.78 is 0.465. The van der Waals surface area contributed by atoms with Crippen LogP contribution in [0.15, 0.2) is 52.5 Å². The summed E-state index contributed by atoms with van der Waals surface area (Å²) in [5, 5.41) is 30.5. The van der Waals surface area contributed by atoms with Gasteiger partial charge in [0.2, 0.25) is 0 Å². The number of para-hydroxylation sites is 2. The molecule has 0 saturated heterocycles. The van der Waals surface area contributed by atoms with Crippen LogP contribution < -0.4 is 10.6 Å². The molecule has 2 heterocycles. The van der Waals surface area contributed by atoms with Crippen molar-refractivity contribution in [2.75, 3.05) is 10.6 Å². The standard InChI is InChI=1S/C14H15NO2S.C12H8Cl3NO2S/c1-9-4-3-5-10(2)14(9)15-12-8-18-7-11(12)6-13(16)17;13-7-2-1-3-8(14)11(7)16-10-6(4-9(17)18)5-19-12(10)15/h3-5,7-8,15H,6H2,1-2H3,(H,16,17);1-3,5,16H,4H2,(H,17,18). The zero-order valence-electron chi connectivity index (χ0n) is 19.8. The Balaban J connectivity index is 0.000000206. The van der Waals surface area contributed by atoms with Crippen molar-refractivity contribution in [2.45, 2.75) is 26.7 Å². The van der Waals surface area contributed by atoms with E-state index in [1.165, 1.54) is 22.7 Å². The van der Waals surface area contributed by atoms with Gasteiger partial charge in [-0.2, -0.15) is 0 Å².